The molecule has 2 unspecified atom stereocenters. The first-order valence-corrected chi connectivity index (χ1v) is 7.01. The minimum Gasteiger partial charge on any atom is -0.336 e. The van der Waals surface area contributed by atoms with E-state index in [9.17, 15) is 9.18 Å². The molecule has 2 N–H and O–H groups in total. The monoisotopic (exact) mass is 288 g/mol. The molecule has 2 aromatic rings. The molecule has 1 saturated heterocycles. The summed E-state index contributed by atoms with van der Waals surface area (Å²) in [6.07, 6.45) is 3.87. The normalized spacial score (nSPS) is 22.0. The van der Waals surface area contributed by atoms with Crippen LogP contribution in [0.3, 0.4) is 0 Å². The summed E-state index contributed by atoms with van der Waals surface area (Å²) in [5.41, 5.74) is 6.79. The molecule has 0 radical (unpaired) electrons. The Morgan fingerprint density at radius 2 is 2.19 bits per heavy atom. The number of benzene rings is 1. The fraction of sp³-hybridized carbons (Fsp3) is 0.400. The van der Waals surface area contributed by atoms with E-state index in [1.54, 1.807) is 4.90 Å². The molecule has 0 saturated carbocycles. The van der Waals surface area contributed by atoms with Crippen LogP contribution in [0.5, 0.6) is 0 Å². The number of nitrogens with zero attached hydrogens (tertiary/aromatic N) is 3. The van der Waals surface area contributed by atoms with Crippen molar-refractivity contribution in [3.8, 4) is 0 Å². The van der Waals surface area contributed by atoms with E-state index in [1.807, 2.05) is 6.92 Å². The molecule has 110 valence electrons. The molecule has 1 aromatic heterocycles. The topological polar surface area (TPSA) is 72.1 Å². The van der Waals surface area contributed by atoms with E-state index >= 15 is 0 Å². The molecule has 1 amide bonds. The highest BCUT2D eigenvalue weighted by Gasteiger charge is 2.33. The van der Waals surface area contributed by atoms with Gasteiger partial charge in [0.15, 0.2) is 0 Å². The van der Waals surface area contributed by atoms with Crippen molar-refractivity contribution < 1.29 is 9.18 Å². The van der Waals surface area contributed by atoms with Crippen molar-refractivity contribution in [1.82, 2.24) is 14.9 Å². The Hall–Kier alpha value is -2.08. The van der Waals surface area contributed by atoms with Crippen molar-refractivity contribution in [2.24, 2.45) is 11.7 Å². The molecule has 1 aromatic carbocycles. The zero-order chi connectivity index (χ0) is 15.0. The van der Waals surface area contributed by atoms with Gasteiger partial charge >= 0.3 is 0 Å². The van der Waals surface area contributed by atoms with Gasteiger partial charge in [-0.05, 0) is 31.9 Å². The summed E-state index contributed by atoms with van der Waals surface area (Å²) in [6, 6.07) is 2.62. The van der Waals surface area contributed by atoms with E-state index in [0.717, 1.165) is 6.42 Å². The SMILES string of the molecule is CC1CC(CN)CN1C(=O)c1cc(F)cc2nccnc12. The summed E-state index contributed by atoms with van der Waals surface area (Å²) in [4.78, 5) is 22.7. The molecule has 2 atom stereocenters. The number of rotatable bonds is 2. The molecule has 21 heavy (non-hydrogen) atoms. The van der Waals surface area contributed by atoms with Crippen molar-refractivity contribution in [3.05, 3.63) is 35.9 Å². The molecule has 1 fully saturated rings. The highest BCUT2D eigenvalue weighted by atomic mass is 19.1. The molecule has 5 nitrogen and oxygen atoms in total. The number of halogens is 1. The molecule has 3 rings (SSSR count). The number of nitrogens with two attached hydrogens (primary N) is 1. The minimum absolute atomic E-state index is 0.0982. The summed E-state index contributed by atoms with van der Waals surface area (Å²) >= 11 is 0. The maximum Gasteiger partial charge on any atom is 0.256 e. The van der Waals surface area contributed by atoms with Crippen LogP contribution in [0.1, 0.15) is 23.7 Å². The second-order valence-electron chi connectivity index (χ2n) is 5.52. The van der Waals surface area contributed by atoms with E-state index in [2.05, 4.69) is 9.97 Å². The van der Waals surface area contributed by atoms with Gasteiger partial charge in [0.2, 0.25) is 0 Å². The lowest BCUT2D eigenvalue weighted by molar-refractivity contribution is 0.0744. The van der Waals surface area contributed by atoms with E-state index in [-0.39, 0.29) is 17.5 Å². The molecule has 1 aliphatic heterocycles. The second-order valence-corrected chi connectivity index (χ2v) is 5.52. The number of fused-ring (bicyclic) bond motifs is 1. The van der Waals surface area contributed by atoms with Gasteiger partial charge in [0.05, 0.1) is 11.1 Å². The van der Waals surface area contributed by atoms with Crippen LogP contribution in [0.25, 0.3) is 11.0 Å². The molecule has 6 heteroatoms. The van der Waals surface area contributed by atoms with Crippen LogP contribution >= 0.6 is 0 Å². The average molecular weight is 288 g/mol. The Morgan fingerprint density at radius 3 is 2.90 bits per heavy atom. The standard InChI is InChI=1S/C15H17FN4O/c1-9-4-10(7-17)8-20(9)15(21)12-5-11(16)6-13-14(12)19-3-2-18-13/h2-3,5-6,9-10H,4,7-8,17H2,1H3. The zero-order valence-electron chi connectivity index (χ0n) is 11.8. The van der Waals surface area contributed by atoms with Gasteiger partial charge < -0.3 is 10.6 Å². The fourth-order valence-electron chi connectivity index (χ4n) is 2.95. The number of aromatic nitrogens is 2. The smallest absolute Gasteiger partial charge is 0.256 e. The van der Waals surface area contributed by atoms with Crippen LogP contribution in [0.2, 0.25) is 0 Å². The molecule has 2 heterocycles. The third kappa shape index (κ3) is 2.47. The van der Waals surface area contributed by atoms with E-state index in [4.69, 9.17) is 5.73 Å². The van der Waals surface area contributed by atoms with Gasteiger partial charge in [0, 0.05) is 31.0 Å². The maximum atomic E-state index is 13.7. The van der Waals surface area contributed by atoms with Gasteiger partial charge in [-0.3, -0.25) is 14.8 Å². The lowest BCUT2D eigenvalue weighted by Gasteiger charge is -2.22. The number of likely N-dealkylation sites (tertiary alicyclic amines) is 1. The third-order valence-corrected chi connectivity index (χ3v) is 4.02. The van der Waals surface area contributed by atoms with Gasteiger partial charge in [0.25, 0.3) is 5.91 Å². The quantitative estimate of drug-likeness (QED) is 0.910. The molecule has 0 spiro atoms. The number of hydrogen-bond acceptors (Lipinski definition) is 4. The Morgan fingerprint density at radius 1 is 1.43 bits per heavy atom. The lowest BCUT2D eigenvalue weighted by atomic mass is 10.1. The van der Waals surface area contributed by atoms with Gasteiger partial charge in [0.1, 0.15) is 11.3 Å². The summed E-state index contributed by atoms with van der Waals surface area (Å²) in [5, 5.41) is 0. The Bertz CT molecular complexity index is 690. The van der Waals surface area contributed by atoms with Crippen LogP contribution in [-0.4, -0.2) is 39.9 Å². The summed E-state index contributed by atoms with van der Waals surface area (Å²) in [5.74, 6) is -0.383. The highest BCUT2D eigenvalue weighted by molar-refractivity contribution is 6.04. The van der Waals surface area contributed by atoms with Crippen molar-refractivity contribution >= 4 is 16.9 Å². The largest absolute Gasteiger partial charge is 0.336 e. The number of amides is 1. The van der Waals surface area contributed by atoms with Crippen molar-refractivity contribution in [3.63, 3.8) is 0 Å². The summed E-state index contributed by atoms with van der Waals surface area (Å²) < 4.78 is 13.7. The second kappa shape index (κ2) is 5.37. The van der Waals surface area contributed by atoms with Gasteiger partial charge in [-0.25, -0.2) is 4.39 Å². The Kier molecular flexibility index (Phi) is 3.55. The average Bonchev–Trinajstić information content (AvgIpc) is 2.86. The first-order chi connectivity index (χ1) is 10.1. The predicted octanol–water partition coefficient (Wildman–Crippen LogP) is 1.58. The van der Waals surface area contributed by atoms with Gasteiger partial charge in [-0.2, -0.15) is 0 Å². The van der Waals surface area contributed by atoms with Gasteiger partial charge in [-0.15, -0.1) is 0 Å². The zero-order valence-corrected chi connectivity index (χ0v) is 11.8. The first kappa shape index (κ1) is 13.9. The van der Waals surface area contributed by atoms with Crippen LogP contribution in [-0.2, 0) is 0 Å². The fourth-order valence-corrected chi connectivity index (χ4v) is 2.95. The number of hydrogen-bond donors (Lipinski definition) is 1. The molecule has 1 aliphatic rings. The van der Waals surface area contributed by atoms with Crippen LogP contribution in [0.4, 0.5) is 4.39 Å². The van der Waals surface area contributed by atoms with E-state index < -0.39 is 5.82 Å². The molecular weight excluding hydrogens is 271 g/mol. The summed E-state index contributed by atoms with van der Waals surface area (Å²) in [6.45, 7) is 3.15. The van der Waals surface area contributed by atoms with Gasteiger partial charge in [-0.1, -0.05) is 0 Å². The van der Waals surface area contributed by atoms with Crippen molar-refractivity contribution in [1.29, 1.82) is 0 Å². The number of carbonyl (C=O) groups is 1. The Labute approximate surface area is 122 Å². The minimum atomic E-state index is -0.478. The van der Waals surface area contributed by atoms with E-state index in [1.165, 1.54) is 24.5 Å². The maximum absolute atomic E-state index is 13.7. The molecule has 0 aliphatic carbocycles. The summed E-state index contributed by atoms with van der Waals surface area (Å²) in [7, 11) is 0. The predicted molar refractivity (Wildman–Crippen MR) is 77.2 cm³/mol. The number of carbonyl (C=O) groups excluding carboxylic acids is 1. The highest BCUT2D eigenvalue weighted by Crippen LogP contribution is 2.26. The van der Waals surface area contributed by atoms with Crippen molar-refractivity contribution in [2.75, 3.05) is 13.1 Å². The first-order valence-electron chi connectivity index (χ1n) is 7.01. The molecular formula is C15H17FN4O. The van der Waals surface area contributed by atoms with Crippen LogP contribution < -0.4 is 5.73 Å². The lowest BCUT2D eigenvalue weighted by Crippen LogP contribution is -2.34. The third-order valence-electron chi connectivity index (χ3n) is 4.02. The molecule has 0 bridgehead atoms. The van der Waals surface area contributed by atoms with E-state index in [0.29, 0.717) is 30.0 Å². The van der Waals surface area contributed by atoms with Crippen LogP contribution in [0.15, 0.2) is 24.5 Å². The van der Waals surface area contributed by atoms with Crippen molar-refractivity contribution in [2.45, 2.75) is 19.4 Å². The Balaban J connectivity index is 2.02. The van der Waals surface area contributed by atoms with Crippen LogP contribution in [0, 0.1) is 11.7 Å².